The van der Waals surface area contributed by atoms with Gasteiger partial charge in [0.2, 0.25) is 0 Å². The Bertz CT molecular complexity index is 823. The minimum atomic E-state index is 0.118. The van der Waals surface area contributed by atoms with Crippen molar-refractivity contribution in [3.05, 3.63) is 29.7 Å². The first-order valence-electron chi connectivity index (χ1n) is 10.3. The van der Waals surface area contributed by atoms with Gasteiger partial charge in [0.1, 0.15) is 5.52 Å². The first-order valence-corrected chi connectivity index (χ1v) is 10.3. The fourth-order valence-electron chi connectivity index (χ4n) is 4.31. The number of piperidine rings is 1. The number of likely N-dealkylation sites (tertiary alicyclic amines) is 1. The van der Waals surface area contributed by atoms with Gasteiger partial charge in [-0.15, -0.1) is 0 Å². The summed E-state index contributed by atoms with van der Waals surface area (Å²) >= 11 is 0. The van der Waals surface area contributed by atoms with Gasteiger partial charge in [0.05, 0.1) is 13.2 Å². The molecule has 1 aromatic carbocycles. The van der Waals surface area contributed by atoms with E-state index in [9.17, 15) is 4.79 Å². The van der Waals surface area contributed by atoms with E-state index in [1.807, 2.05) is 23.1 Å². The van der Waals surface area contributed by atoms with Crippen LogP contribution in [0, 0.1) is 5.92 Å². The van der Waals surface area contributed by atoms with Crippen molar-refractivity contribution in [1.29, 1.82) is 0 Å². The molecule has 0 N–H and O–H groups in total. The smallest absolute Gasteiger partial charge is 0.254 e. The summed E-state index contributed by atoms with van der Waals surface area (Å²) in [5.41, 5.74) is 2.31. The number of nitrogens with zero attached hydrogens (tertiary/aromatic N) is 3. The fourth-order valence-corrected chi connectivity index (χ4v) is 4.31. The van der Waals surface area contributed by atoms with Crippen molar-refractivity contribution in [2.75, 3.05) is 45.9 Å². The van der Waals surface area contributed by atoms with Crippen LogP contribution in [0.1, 0.15) is 47.8 Å². The normalized spacial score (nSPS) is 24.4. The van der Waals surface area contributed by atoms with Gasteiger partial charge in [-0.3, -0.25) is 9.69 Å². The van der Waals surface area contributed by atoms with Crippen LogP contribution in [0.3, 0.4) is 0 Å². The lowest BCUT2D eigenvalue weighted by molar-refractivity contribution is 0.0224. The molecule has 27 heavy (non-hydrogen) atoms. The Kier molecular flexibility index (Phi) is 4.61. The number of rotatable bonds is 4. The average molecular weight is 369 g/mol. The molecular formula is C21H27N3O3. The van der Waals surface area contributed by atoms with Gasteiger partial charge in [0.15, 0.2) is 11.5 Å². The second-order valence-electron chi connectivity index (χ2n) is 8.18. The van der Waals surface area contributed by atoms with Crippen molar-refractivity contribution in [2.45, 2.75) is 31.6 Å². The van der Waals surface area contributed by atoms with Crippen molar-refractivity contribution >= 4 is 17.0 Å². The zero-order chi connectivity index (χ0) is 18.2. The van der Waals surface area contributed by atoms with Crippen molar-refractivity contribution in [3.8, 4) is 0 Å². The summed E-state index contributed by atoms with van der Waals surface area (Å²) in [4.78, 5) is 22.1. The summed E-state index contributed by atoms with van der Waals surface area (Å²) in [6.45, 7) is 6.44. The van der Waals surface area contributed by atoms with E-state index in [0.29, 0.717) is 17.4 Å². The molecule has 1 saturated carbocycles. The molecule has 1 amide bonds. The Labute approximate surface area is 159 Å². The molecule has 3 heterocycles. The van der Waals surface area contributed by atoms with Gasteiger partial charge in [-0.25, -0.2) is 4.98 Å². The molecule has 2 saturated heterocycles. The van der Waals surface area contributed by atoms with Gasteiger partial charge in [0, 0.05) is 44.2 Å². The van der Waals surface area contributed by atoms with E-state index >= 15 is 0 Å². The van der Waals surface area contributed by atoms with E-state index in [4.69, 9.17) is 9.15 Å². The molecule has 1 atom stereocenters. The van der Waals surface area contributed by atoms with Gasteiger partial charge in [-0.2, -0.15) is 0 Å². The number of oxazole rings is 1. The van der Waals surface area contributed by atoms with E-state index in [2.05, 4.69) is 9.88 Å². The number of carbonyl (C=O) groups excluding carboxylic acids is 1. The Balaban J connectivity index is 1.27. The average Bonchev–Trinajstić information content (AvgIpc) is 3.47. The van der Waals surface area contributed by atoms with Crippen molar-refractivity contribution in [3.63, 3.8) is 0 Å². The highest BCUT2D eigenvalue weighted by Crippen LogP contribution is 2.40. The fraction of sp³-hybridized carbons (Fsp3) is 0.619. The maximum Gasteiger partial charge on any atom is 0.254 e. The molecule has 2 aromatic rings. The first-order chi connectivity index (χ1) is 13.3. The summed E-state index contributed by atoms with van der Waals surface area (Å²) in [5.74, 6) is 1.99. The summed E-state index contributed by atoms with van der Waals surface area (Å²) in [6.07, 6.45) is 4.61. The van der Waals surface area contributed by atoms with Crippen LogP contribution < -0.4 is 0 Å². The SMILES string of the molecule is O=C(c1ccc2nc(C3CC3)oc2c1)N1CCCC(CN2CCOCC2)C1. The minimum Gasteiger partial charge on any atom is -0.440 e. The molecule has 144 valence electrons. The summed E-state index contributed by atoms with van der Waals surface area (Å²) in [6, 6.07) is 5.70. The lowest BCUT2D eigenvalue weighted by atomic mass is 9.96. The highest BCUT2D eigenvalue weighted by Gasteiger charge is 2.30. The molecule has 0 radical (unpaired) electrons. The molecule has 6 nitrogen and oxygen atoms in total. The first kappa shape index (κ1) is 17.2. The largest absolute Gasteiger partial charge is 0.440 e. The zero-order valence-electron chi connectivity index (χ0n) is 15.7. The minimum absolute atomic E-state index is 0.118. The monoisotopic (exact) mass is 369 g/mol. The summed E-state index contributed by atoms with van der Waals surface area (Å²) < 4.78 is 11.3. The number of morpholine rings is 1. The highest BCUT2D eigenvalue weighted by atomic mass is 16.5. The number of amides is 1. The number of ether oxygens (including phenoxy) is 1. The molecule has 1 unspecified atom stereocenters. The van der Waals surface area contributed by atoms with Crippen LogP contribution in [0.4, 0.5) is 0 Å². The number of fused-ring (bicyclic) bond motifs is 1. The molecule has 6 heteroatoms. The van der Waals surface area contributed by atoms with E-state index in [1.165, 1.54) is 6.42 Å². The molecule has 0 bridgehead atoms. The van der Waals surface area contributed by atoms with Crippen LogP contribution in [-0.4, -0.2) is 66.6 Å². The maximum absolute atomic E-state index is 13.1. The third-order valence-corrected chi connectivity index (χ3v) is 6.00. The Morgan fingerprint density at radius 3 is 2.81 bits per heavy atom. The molecule has 3 fully saturated rings. The molecule has 1 aromatic heterocycles. The lowest BCUT2D eigenvalue weighted by Crippen LogP contribution is -2.46. The molecule has 5 rings (SSSR count). The van der Waals surface area contributed by atoms with E-state index in [1.54, 1.807) is 0 Å². The summed E-state index contributed by atoms with van der Waals surface area (Å²) in [7, 11) is 0. The van der Waals surface area contributed by atoms with E-state index < -0.39 is 0 Å². The Hall–Kier alpha value is -1.92. The number of benzene rings is 1. The predicted molar refractivity (Wildman–Crippen MR) is 102 cm³/mol. The predicted octanol–water partition coefficient (Wildman–Crippen LogP) is 2.89. The third kappa shape index (κ3) is 3.73. The number of hydrogen-bond donors (Lipinski definition) is 0. The van der Waals surface area contributed by atoms with Gasteiger partial charge in [0.25, 0.3) is 5.91 Å². The van der Waals surface area contributed by atoms with Crippen LogP contribution in [-0.2, 0) is 4.74 Å². The molecule has 2 aliphatic heterocycles. The topological polar surface area (TPSA) is 58.8 Å². The standard InChI is InChI=1S/C21H27N3O3/c25-21(17-5-6-18-19(12-17)27-20(22-18)16-3-4-16)24-7-1-2-15(14-24)13-23-8-10-26-11-9-23/h5-6,12,15-16H,1-4,7-11,13-14H2. The lowest BCUT2D eigenvalue weighted by Gasteiger charge is -2.36. The number of hydrogen-bond acceptors (Lipinski definition) is 5. The number of carbonyl (C=O) groups is 1. The molecule has 3 aliphatic rings. The zero-order valence-corrected chi connectivity index (χ0v) is 15.7. The molecule has 0 spiro atoms. The van der Waals surface area contributed by atoms with Gasteiger partial charge in [-0.1, -0.05) is 0 Å². The summed E-state index contributed by atoms with van der Waals surface area (Å²) in [5, 5.41) is 0. The van der Waals surface area contributed by atoms with E-state index in [0.717, 1.165) is 82.2 Å². The van der Waals surface area contributed by atoms with Gasteiger partial charge < -0.3 is 14.1 Å². The quantitative estimate of drug-likeness (QED) is 0.829. The Morgan fingerprint density at radius 1 is 1.15 bits per heavy atom. The van der Waals surface area contributed by atoms with Crippen LogP contribution in [0.25, 0.3) is 11.1 Å². The van der Waals surface area contributed by atoms with Crippen molar-refractivity contribution < 1.29 is 13.9 Å². The second kappa shape index (κ2) is 7.24. The van der Waals surface area contributed by atoms with Gasteiger partial charge >= 0.3 is 0 Å². The van der Waals surface area contributed by atoms with Crippen molar-refractivity contribution in [2.24, 2.45) is 5.92 Å². The van der Waals surface area contributed by atoms with Crippen molar-refractivity contribution in [1.82, 2.24) is 14.8 Å². The van der Waals surface area contributed by atoms with Crippen LogP contribution in [0.2, 0.25) is 0 Å². The maximum atomic E-state index is 13.1. The Morgan fingerprint density at radius 2 is 2.00 bits per heavy atom. The number of aromatic nitrogens is 1. The third-order valence-electron chi connectivity index (χ3n) is 6.00. The van der Waals surface area contributed by atoms with Gasteiger partial charge in [-0.05, 0) is 49.8 Å². The molecular weight excluding hydrogens is 342 g/mol. The van der Waals surface area contributed by atoms with Crippen LogP contribution >= 0.6 is 0 Å². The highest BCUT2D eigenvalue weighted by molar-refractivity contribution is 5.97. The molecule has 1 aliphatic carbocycles. The van der Waals surface area contributed by atoms with E-state index in [-0.39, 0.29) is 5.91 Å². The van der Waals surface area contributed by atoms with Crippen LogP contribution in [0.15, 0.2) is 22.6 Å². The second-order valence-corrected chi connectivity index (χ2v) is 8.18. The van der Waals surface area contributed by atoms with Crippen LogP contribution in [0.5, 0.6) is 0 Å².